The van der Waals surface area contributed by atoms with Gasteiger partial charge in [-0.05, 0) is 24.0 Å². The van der Waals surface area contributed by atoms with E-state index in [2.05, 4.69) is 9.36 Å². The minimum Gasteiger partial charge on any atom is -0.465 e. The first-order valence-corrected chi connectivity index (χ1v) is 7.11. The lowest BCUT2D eigenvalue weighted by atomic mass is 10.1. The molecule has 1 atom stereocenters. The van der Waals surface area contributed by atoms with Crippen molar-refractivity contribution in [1.29, 1.82) is 0 Å². The van der Waals surface area contributed by atoms with Gasteiger partial charge >= 0.3 is 5.97 Å². The fourth-order valence-electron chi connectivity index (χ4n) is 1.41. The SMILES string of the molecule is CCOC(=O)C(Sc1ncns1)c1ccccc1. The molecular weight excluding hydrogens is 268 g/mol. The van der Waals surface area contributed by atoms with Crippen LogP contribution in [0.3, 0.4) is 0 Å². The number of carbonyl (C=O) groups is 1. The Kier molecular flexibility index (Phi) is 4.72. The number of carbonyl (C=O) groups excluding carboxylic acids is 1. The van der Waals surface area contributed by atoms with E-state index in [9.17, 15) is 4.79 Å². The second-order valence-electron chi connectivity index (χ2n) is 3.37. The largest absolute Gasteiger partial charge is 0.465 e. The van der Waals surface area contributed by atoms with Crippen molar-refractivity contribution in [2.75, 3.05) is 6.61 Å². The number of hydrogen-bond acceptors (Lipinski definition) is 6. The second-order valence-corrected chi connectivity index (χ2v) is 5.50. The van der Waals surface area contributed by atoms with E-state index in [1.54, 1.807) is 6.92 Å². The van der Waals surface area contributed by atoms with Crippen LogP contribution in [-0.2, 0) is 9.53 Å². The van der Waals surface area contributed by atoms with Crippen LogP contribution in [0.4, 0.5) is 0 Å². The van der Waals surface area contributed by atoms with Crippen molar-refractivity contribution in [2.24, 2.45) is 0 Å². The van der Waals surface area contributed by atoms with Crippen LogP contribution in [0.25, 0.3) is 0 Å². The number of esters is 1. The Morgan fingerprint density at radius 2 is 2.22 bits per heavy atom. The molecule has 0 aliphatic carbocycles. The van der Waals surface area contributed by atoms with Gasteiger partial charge in [-0.3, -0.25) is 4.79 Å². The number of aromatic nitrogens is 2. The van der Waals surface area contributed by atoms with Gasteiger partial charge in [-0.1, -0.05) is 42.1 Å². The predicted molar refractivity (Wildman–Crippen MR) is 71.6 cm³/mol. The molecule has 0 aliphatic rings. The fraction of sp³-hybridized carbons (Fsp3) is 0.250. The lowest BCUT2D eigenvalue weighted by Gasteiger charge is -2.13. The minimum absolute atomic E-state index is 0.246. The summed E-state index contributed by atoms with van der Waals surface area (Å²) < 4.78 is 9.80. The highest BCUT2D eigenvalue weighted by Crippen LogP contribution is 2.36. The van der Waals surface area contributed by atoms with E-state index >= 15 is 0 Å². The van der Waals surface area contributed by atoms with Crippen LogP contribution in [0.5, 0.6) is 0 Å². The molecule has 0 amide bonds. The zero-order valence-electron chi connectivity index (χ0n) is 9.78. The zero-order chi connectivity index (χ0) is 12.8. The van der Waals surface area contributed by atoms with Crippen LogP contribution < -0.4 is 0 Å². The Hall–Kier alpha value is -1.40. The summed E-state index contributed by atoms with van der Waals surface area (Å²) in [5.41, 5.74) is 0.913. The second kappa shape index (κ2) is 6.51. The highest BCUT2D eigenvalue weighted by molar-refractivity contribution is 8.01. The van der Waals surface area contributed by atoms with Crippen molar-refractivity contribution in [3.8, 4) is 0 Å². The molecule has 0 radical (unpaired) electrons. The molecule has 18 heavy (non-hydrogen) atoms. The summed E-state index contributed by atoms with van der Waals surface area (Å²) in [5, 5.41) is -0.390. The normalized spacial score (nSPS) is 12.1. The Bertz CT molecular complexity index is 488. The fourth-order valence-corrected chi connectivity index (χ4v) is 3.05. The average Bonchev–Trinajstić information content (AvgIpc) is 2.90. The molecule has 1 unspecified atom stereocenters. The third-order valence-electron chi connectivity index (χ3n) is 2.16. The van der Waals surface area contributed by atoms with Crippen LogP contribution in [0, 0.1) is 0 Å². The van der Waals surface area contributed by atoms with Gasteiger partial charge in [0.05, 0.1) is 6.61 Å². The Balaban J connectivity index is 2.20. The maximum absolute atomic E-state index is 12.0. The van der Waals surface area contributed by atoms with E-state index in [0.717, 1.165) is 9.90 Å². The standard InChI is InChI=1S/C12H12N2O2S2/c1-2-16-11(15)10(9-6-4-3-5-7-9)17-12-13-8-14-18-12/h3-8,10H,2H2,1H3. The van der Waals surface area contributed by atoms with E-state index < -0.39 is 0 Å². The van der Waals surface area contributed by atoms with Gasteiger partial charge in [-0.25, -0.2) is 4.98 Å². The molecule has 4 nitrogen and oxygen atoms in total. The molecule has 0 spiro atoms. The molecule has 2 rings (SSSR count). The van der Waals surface area contributed by atoms with E-state index in [1.807, 2.05) is 30.3 Å². The van der Waals surface area contributed by atoms with Gasteiger partial charge in [-0.15, -0.1) is 0 Å². The highest BCUT2D eigenvalue weighted by Gasteiger charge is 2.24. The first-order valence-electron chi connectivity index (χ1n) is 5.46. The number of ether oxygens (including phenoxy) is 1. The average molecular weight is 280 g/mol. The van der Waals surface area contributed by atoms with Crippen LogP contribution in [-0.4, -0.2) is 21.9 Å². The summed E-state index contributed by atoms with van der Waals surface area (Å²) in [6, 6.07) is 9.55. The zero-order valence-corrected chi connectivity index (χ0v) is 11.4. The highest BCUT2D eigenvalue weighted by atomic mass is 32.2. The summed E-state index contributed by atoms with van der Waals surface area (Å²) in [6.45, 7) is 2.18. The molecule has 6 heteroatoms. The Morgan fingerprint density at radius 3 is 2.83 bits per heavy atom. The topological polar surface area (TPSA) is 52.1 Å². The van der Waals surface area contributed by atoms with Crippen LogP contribution in [0.2, 0.25) is 0 Å². The summed E-state index contributed by atoms with van der Waals surface area (Å²) in [6.07, 6.45) is 1.49. The van der Waals surface area contributed by atoms with Crippen LogP contribution >= 0.6 is 23.3 Å². The smallest absolute Gasteiger partial charge is 0.324 e. The molecule has 2 aromatic rings. The summed E-state index contributed by atoms with van der Waals surface area (Å²) in [7, 11) is 0. The van der Waals surface area contributed by atoms with E-state index in [-0.39, 0.29) is 11.2 Å². The maximum Gasteiger partial charge on any atom is 0.324 e. The van der Waals surface area contributed by atoms with Gasteiger partial charge in [0.2, 0.25) is 0 Å². The molecule has 0 saturated carbocycles. The van der Waals surface area contributed by atoms with Crippen molar-refractivity contribution in [1.82, 2.24) is 9.36 Å². The quantitative estimate of drug-likeness (QED) is 0.622. The van der Waals surface area contributed by atoms with E-state index in [0.29, 0.717) is 6.61 Å². The molecule has 1 aromatic carbocycles. The third kappa shape index (κ3) is 3.30. The predicted octanol–water partition coefficient (Wildman–Crippen LogP) is 2.93. The number of thioether (sulfide) groups is 1. The molecule has 1 heterocycles. The van der Waals surface area contributed by atoms with Gasteiger partial charge in [0.25, 0.3) is 0 Å². The monoisotopic (exact) mass is 280 g/mol. The molecular formula is C12H12N2O2S2. The summed E-state index contributed by atoms with van der Waals surface area (Å²) in [5.74, 6) is -0.246. The van der Waals surface area contributed by atoms with Crippen LogP contribution in [0.15, 0.2) is 41.0 Å². The third-order valence-corrected chi connectivity index (χ3v) is 4.14. The number of rotatable bonds is 5. The van der Waals surface area contributed by atoms with Crippen LogP contribution in [0.1, 0.15) is 17.7 Å². The Morgan fingerprint density at radius 1 is 1.44 bits per heavy atom. The van der Waals surface area contributed by atoms with Crippen molar-refractivity contribution >= 4 is 29.3 Å². The van der Waals surface area contributed by atoms with E-state index in [1.165, 1.54) is 29.6 Å². The molecule has 0 bridgehead atoms. The molecule has 1 aromatic heterocycles. The lowest BCUT2D eigenvalue weighted by molar-refractivity contribution is -0.142. The van der Waals surface area contributed by atoms with Gasteiger partial charge in [-0.2, -0.15) is 4.37 Å². The van der Waals surface area contributed by atoms with Gasteiger partial charge < -0.3 is 4.74 Å². The van der Waals surface area contributed by atoms with Gasteiger partial charge in [0.1, 0.15) is 11.6 Å². The van der Waals surface area contributed by atoms with Crippen molar-refractivity contribution in [2.45, 2.75) is 16.5 Å². The number of nitrogens with zero attached hydrogens (tertiary/aromatic N) is 2. The van der Waals surface area contributed by atoms with Gasteiger partial charge in [0, 0.05) is 0 Å². The van der Waals surface area contributed by atoms with E-state index in [4.69, 9.17) is 4.74 Å². The molecule has 0 fully saturated rings. The summed E-state index contributed by atoms with van der Waals surface area (Å²) >= 11 is 2.64. The summed E-state index contributed by atoms with van der Waals surface area (Å²) in [4.78, 5) is 16.1. The van der Waals surface area contributed by atoms with Crippen molar-refractivity contribution in [3.63, 3.8) is 0 Å². The number of benzene rings is 1. The molecule has 94 valence electrons. The molecule has 0 aliphatic heterocycles. The Labute approximate surface area is 114 Å². The molecule has 0 saturated heterocycles. The minimum atomic E-state index is -0.390. The van der Waals surface area contributed by atoms with Crippen molar-refractivity contribution in [3.05, 3.63) is 42.2 Å². The lowest BCUT2D eigenvalue weighted by Crippen LogP contribution is -2.13. The first kappa shape index (κ1) is 13.0. The molecule has 0 N–H and O–H groups in total. The number of hydrogen-bond donors (Lipinski definition) is 0. The van der Waals surface area contributed by atoms with Gasteiger partial charge in [0.15, 0.2) is 4.34 Å². The van der Waals surface area contributed by atoms with Crippen molar-refractivity contribution < 1.29 is 9.53 Å². The maximum atomic E-state index is 12.0. The first-order chi connectivity index (χ1) is 8.81.